The number of para-hydroxylation sites is 2. The lowest BCUT2D eigenvalue weighted by Crippen LogP contribution is -2.43. The lowest BCUT2D eigenvalue weighted by molar-refractivity contribution is -0.126. The van der Waals surface area contributed by atoms with Gasteiger partial charge in [-0.3, -0.25) is 29.0 Å². The van der Waals surface area contributed by atoms with Crippen molar-refractivity contribution in [2.75, 3.05) is 23.0 Å². The van der Waals surface area contributed by atoms with E-state index in [4.69, 9.17) is 9.84 Å². The molecule has 1 saturated carbocycles. The number of rotatable bonds is 6. The summed E-state index contributed by atoms with van der Waals surface area (Å²) in [5.41, 5.74) is 2.89. The Labute approximate surface area is 243 Å². The molecule has 3 aromatic carbocycles. The van der Waals surface area contributed by atoms with Crippen LogP contribution in [-0.2, 0) is 19.2 Å². The minimum atomic E-state index is -0.626. The molecule has 2 aliphatic carbocycles. The third-order valence-corrected chi connectivity index (χ3v) is 9.28. The Kier molecular flexibility index (Phi) is 6.50. The number of allylic oxidation sites excluding steroid dienone is 2. The highest BCUT2D eigenvalue weighted by Crippen LogP contribution is 2.58. The van der Waals surface area contributed by atoms with Gasteiger partial charge in [0, 0.05) is 5.92 Å². The van der Waals surface area contributed by atoms with E-state index in [9.17, 15) is 19.2 Å². The smallest absolute Gasteiger partial charge is 0.238 e. The molecule has 2 heterocycles. The molecule has 6 atom stereocenters. The summed E-state index contributed by atoms with van der Waals surface area (Å²) in [6, 6.07) is 25.3. The summed E-state index contributed by atoms with van der Waals surface area (Å²) < 4.78 is 5.56. The van der Waals surface area contributed by atoms with E-state index in [0.29, 0.717) is 30.0 Å². The maximum Gasteiger partial charge on any atom is 0.238 e. The Bertz CT molecular complexity index is 1590. The highest BCUT2D eigenvalue weighted by molar-refractivity contribution is 6.24. The molecule has 3 aromatic rings. The van der Waals surface area contributed by atoms with Crippen molar-refractivity contribution in [1.82, 2.24) is 0 Å². The third kappa shape index (κ3) is 4.01. The Morgan fingerprint density at radius 3 is 1.83 bits per heavy atom. The van der Waals surface area contributed by atoms with Gasteiger partial charge in [-0.25, -0.2) is 0 Å². The molecule has 0 bridgehead atoms. The minimum absolute atomic E-state index is 0.107. The maximum absolute atomic E-state index is 14.1. The van der Waals surface area contributed by atoms with Gasteiger partial charge in [0.25, 0.3) is 0 Å². The van der Waals surface area contributed by atoms with Crippen molar-refractivity contribution >= 4 is 35.0 Å². The second kappa shape index (κ2) is 10.4. The van der Waals surface area contributed by atoms with E-state index in [1.807, 2.05) is 30.3 Å². The highest BCUT2D eigenvalue weighted by Gasteiger charge is 2.62. The number of hydrogen-bond acceptors (Lipinski definition) is 6. The van der Waals surface area contributed by atoms with Crippen LogP contribution in [0, 0.1) is 29.6 Å². The molecular weight excluding hydrogens is 532 g/mol. The Balaban J connectivity index is 1.31. The summed E-state index contributed by atoms with van der Waals surface area (Å²) in [5, 5.41) is 9.14. The Morgan fingerprint density at radius 2 is 1.24 bits per heavy atom. The summed E-state index contributed by atoms with van der Waals surface area (Å²) in [5.74, 6) is -3.50. The van der Waals surface area contributed by atoms with Crippen molar-refractivity contribution in [3.05, 3.63) is 102 Å². The number of nitrogens with zero attached hydrogens (tertiary/aromatic N) is 2. The van der Waals surface area contributed by atoms with Gasteiger partial charge in [-0.05, 0) is 60.7 Å². The second-order valence-corrected chi connectivity index (χ2v) is 11.4. The number of amides is 4. The predicted octanol–water partition coefficient (Wildman–Crippen LogP) is 4.10. The number of benzene rings is 3. The van der Waals surface area contributed by atoms with Crippen LogP contribution in [-0.4, -0.2) is 41.9 Å². The van der Waals surface area contributed by atoms with Gasteiger partial charge in [0.1, 0.15) is 12.4 Å². The van der Waals surface area contributed by atoms with Gasteiger partial charge in [-0.1, -0.05) is 60.2 Å². The number of imide groups is 2. The van der Waals surface area contributed by atoms with Crippen LogP contribution in [0.2, 0.25) is 0 Å². The Morgan fingerprint density at radius 1 is 0.667 bits per heavy atom. The van der Waals surface area contributed by atoms with Crippen molar-refractivity contribution in [3.8, 4) is 5.75 Å². The van der Waals surface area contributed by atoms with Gasteiger partial charge in [-0.15, -0.1) is 0 Å². The third-order valence-electron chi connectivity index (χ3n) is 9.28. The van der Waals surface area contributed by atoms with Crippen LogP contribution in [0.25, 0.3) is 0 Å². The molecule has 0 unspecified atom stereocenters. The molecule has 2 aliphatic heterocycles. The van der Waals surface area contributed by atoms with Crippen molar-refractivity contribution in [2.24, 2.45) is 29.6 Å². The van der Waals surface area contributed by atoms with Crippen LogP contribution in [0.3, 0.4) is 0 Å². The topological polar surface area (TPSA) is 104 Å². The van der Waals surface area contributed by atoms with E-state index in [0.717, 1.165) is 11.1 Å². The number of anilines is 2. The van der Waals surface area contributed by atoms with Crippen LogP contribution in [0.4, 0.5) is 11.4 Å². The minimum Gasteiger partial charge on any atom is -0.491 e. The van der Waals surface area contributed by atoms with Crippen molar-refractivity contribution in [1.29, 1.82) is 0 Å². The number of hydrogen-bond donors (Lipinski definition) is 1. The summed E-state index contributed by atoms with van der Waals surface area (Å²) in [7, 11) is 0. The molecule has 0 radical (unpaired) electrons. The van der Waals surface area contributed by atoms with Crippen LogP contribution in [0.1, 0.15) is 24.3 Å². The first-order valence-corrected chi connectivity index (χ1v) is 14.4. The molecule has 4 amide bonds. The first-order chi connectivity index (χ1) is 20.5. The number of carbonyl (C=O) groups excluding carboxylic acids is 4. The van der Waals surface area contributed by atoms with Gasteiger partial charge < -0.3 is 9.84 Å². The predicted molar refractivity (Wildman–Crippen MR) is 154 cm³/mol. The number of fused-ring (bicyclic) bond motifs is 4. The number of aliphatic hydroxyl groups excluding tert-OH is 1. The number of aliphatic hydroxyl groups is 1. The average Bonchev–Trinajstić information content (AvgIpc) is 3.43. The fraction of sp³-hybridized carbons (Fsp3) is 0.294. The van der Waals surface area contributed by atoms with Crippen LogP contribution < -0.4 is 14.5 Å². The molecule has 3 fully saturated rings. The summed E-state index contributed by atoms with van der Waals surface area (Å²) in [6.45, 7) is 0.0563. The van der Waals surface area contributed by atoms with Gasteiger partial charge >= 0.3 is 0 Å². The highest BCUT2D eigenvalue weighted by atomic mass is 16.5. The summed E-state index contributed by atoms with van der Waals surface area (Å²) in [6.07, 6.45) is 2.79. The molecule has 2 saturated heterocycles. The molecule has 7 rings (SSSR count). The largest absolute Gasteiger partial charge is 0.491 e. The zero-order valence-corrected chi connectivity index (χ0v) is 22.8. The van der Waals surface area contributed by atoms with Crippen molar-refractivity contribution in [2.45, 2.75) is 18.8 Å². The SMILES string of the molecule is O=C1[C@H]2[C@H](CC=C3[C@H]2C[C@H]2C(=O)N(c4ccccc4)C(=O)[C@H]2[C@H]3c2ccc(OCCO)cc2)C(=O)N1c1ccccc1. The standard InChI is InChI=1S/C34H30N2O6/c37-17-18-42-23-13-11-20(12-14-23)28-24-15-16-25-29(33(40)35(31(25)38)21-7-3-1-4-8-21)26(24)19-27-30(28)34(41)36(32(27)39)22-9-5-2-6-10-22/h1-15,25-30,37H,16-19H2/t25-,26+,27+,28-,29-,30+/m0/s1. The normalized spacial score (nSPS) is 28.4. The molecule has 42 heavy (non-hydrogen) atoms. The maximum atomic E-state index is 14.1. The van der Waals surface area contributed by atoms with Crippen molar-refractivity contribution in [3.63, 3.8) is 0 Å². The van der Waals surface area contributed by atoms with Gasteiger partial charge in [0.05, 0.1) is 41.7 Å². The summed E-state index contributed by atoms with van der Waals surface area (Å²) >= 11 is 0. The zero-order chi connectivity index (χ0) is 29.0. The molecule has 1 N–H and O–H groups in total. The molecule has 0 spiro atoms. The number of carbonyl (C=O) groups is 4. The van der Waals surface area contributed by atoms with Crippen LogP contribution >= 0.6 is 0 Å². The van der Waals surface area contributed by atoms with E-state index in [1.54, 1.807) is 60.7 Å². The fourth-order valence-corrected chi connectivity index (χ4v) is 7.56. The molecule has 8 heteroatoms. The van der Waals surface area contributed by atoms with Crippen LogP contribution in [0.5, 0.6) is 5.75 Å². The quantitative estimate of drug-likeness (QED) is 0.358. The lowest BCUT2D eigenvalue weighted by atomic mass is 9.57. The van der Waals surface area contributed by atoms with Gasteiger partial charge in [-0.2, -0.15) is 0 Å². The molecule has 8 nitrogen and oxygen atoms in total. The van der Waals surface area contributed by atoms with E-state index in [1.165, 1.54) is 9.80 Å². The molecule has 0 aromatic heterocycles. The Hall–Kier alpha value is -4.56. The van der Waals surface area contributed by atoms with E-state index < -0.39 is 29.6 Å². The lowest BCUT2D eigenvalue weighted by Gasteiger charge is -2.44. The fourth-order valence-electron chi connectivity index (χ4n) is 7.56. The second-order valence-electron chi connectivity index (χ2n) is 11.4. The average molecular weight is 563 g/mol. The van der Waals surface area contributed by atoms with Crippen molar-refractivity contribution < 1.29 is 29.0 Å². The van der Waals surface area contributed by atoms with E-state index in [-0.39, 0.29) is 42.8 Å². The first kappa shape index (κ1) is 26.3. The van der Waals surface area contributed by atoms with E-state index in [2.05, 4.69) is 0 Å². The summed E-state index contributed by atoms with van der Waals surface area (Å²) in [4.78, 5) is 58.3. The van der Waals surface area contributed by atoms with Gasteiger partial charge in [0.15, 0.2) is 0 Å². The molecule has 212 valence electrons. The molecular formula is C34H30N2O6. The van der Waals surface area contributed by atoms with Crippen LogP contribution in [0.15, 0.2) is 96.6 Å². The molecule has 4 aliphatic rings. The van der Waals surface area contributed by atoms with E-state index >= 15 is 0 Å². The first-order valence-electron chi connectivity index (χ1n) is 14.4. The number of ether oxygens (including phenoxy) is 1. The monoisotopic (exact) mass is 562 g/mol. The van der Waals surface area contributed by atoms with Gasteiger partial charge in [0.2, 0.25) is 23.6 Å². The zero-order valence-electron chi connectivity index (χ0n) is 22.8.